The fourth-order valence-corrected chi connectivity index (χ4v) is 4.20. The molecule has 0 radical (unpaired) electrons. The Morgan fingerprint density at radius 2 is 1.71 bits per heavy atom. The maximum Gasteiger partial charge on any atom is 0.179 e. The predicted molar refractivity (Wildman–Crippen MR) is 212 cm³/mol. The van der Waals surface area contributed by atoms with Crippen LogP contribution in [0.25, 0.3) is 0 Å². The first-order valence-electron chi connectivity index (χ1n) is 16.8. The fraction of sp³-hybridized carbons (Fsp3) is 0.605. The number of halogens is 2. The molecule has 1 aliphatic heterocycles. The normalized spacial score (nSPS) is 13.4. The molecular formula is C38H68BrClN4O4. The molecule has 0 aliphatic carbocycles. The summed E-state index contributed by atoms with van der Waals surface area (Å²) in [6.07, 6.45) is 10.3. The summed E-state index contributed by atoms with van der Waals surface area (Å²) in [5.74, 6) is 1.99. The molecule has 1 fully saturated rings. The zero-order valence-electron chi connectivity index (χ0n) is 32.6. The Balaban J connectivity index is -0.000000721. The van der Waals surface area contributed by atoms with Gasteiger partial charge in [0.25, 0.3) is 0 Å². The molecular weight excluding hydrogens is 692 g/mol. The van der Waals surface area contributed by atoms with Gasteiger partial charge in [-0.1, -0.05) is 86.4 Å². The molecule has 0 spiro atoms. The topological polar surface area (TPSA) is 75.3 Å². The monoisotopic (exact) mass is 758 g/mol. The Bertz CT molecular complexity index is 1100. The van der Waals surface area contributed by atoms with Crippen LogP contribution in [0.5, 0.6) is 11.5 Å². The standard InChI is InChI=1S/C20H38N4O.C9H11ClO2.C4H7Br.C3H8.C2H4O/c1-8-19(22-25-7)14-20(24-18(5)10-9-12-21-24)17(4)15-23(6)13-11-16(2)3;1-6-4-5-7(11-2)9(12-3)8(6)10;1-3-4(2)5;1-3-2;1-2-3/h8,16,21-22H,5,9-15H2,1-4,6-7H3;4-5H,1-3H3;3H,1-2H3;3H2,1-2H3;2H,1H3/b19-8-,20-17+;;4-3+;;. The van der Waals surface area contributed by atoms with E-state index in [-0.39, 0.29) is 0 Å². The summed E-state index contributed by atoms with van der Waals surface area (Å²) in [5.41, 5.74) is 12.3. The Labute approximate surface area is 308 Å². The van der Waals surface area contributed by atoms with Crippen molar-refractivity contribution in [2.45, 2.75) is 101 Å². The maximum absolute atomic E-state index is 8.81. The highest BCUT2D eigenvalue weighted by molar-refractivity contribution is 9.11. The van der Waals surface area contributed by atoms with E-state index in [0.717, 1.165) is 68.1 Å². The van der Waals surface area contributed by atoms with E-state index >= 15 is 0 Å². The second-order valence-electron chi connectivity index (χ2n) is 11.6. The third kappa shape index (κ3) is 23.9. The molecule has 0 bridgehead atoms. The number of benzene rings is 1. The van der Waals surface area contributed by atoms with Gasteiger partial charge in [-0.15, -0.1) is 0 Å². The minimum atomic E-state index is 0.596. The van der Waals surface area contributed by atoms with Gasteiger partial charge in [-0.05, 0) is 102 Å². The fourth-order valence-electron chi connectivity index (χ4n) is 3.96. The van der Waals surface area contributed by atoms with Crippen molar-refractivity contribution in [1.82, 2.24) is 20.8 Å². The molecule has 0 unspecified atom stereocenters. The van der Waals surface area contributed by atoms with Gasteiger partial charge in [0.2, 0.25) is 0 Å². The second kappa shape index (κ2) is 31.9. The highest BCUT2D eigenvalue weighted by Crippen LogP contribution is 2.36. The zero-order chi connectivity index (χ0) is 37.7. The van der Waals surface area contributed by atoms with Crippen LogP contribution in [0.2, 0.25) is 5.02 Å². The number of rotatable bonds is 12. The van der Waals surface area contributed by atoms with Crippen LogP contribution in [-0.4, -0.2) is 64.2 Å². The lowest BCUT2D eigenvalue weighted by molar-refractivity contribution is -0.106. The molecule has 1 saturated heterocycles. The first-order chi connectivity index (χ1) is 22.7. The van der Waals surface area contributed by atoms with Crippen molar-refractivity contribution >= 4 is 33.8 Å². The third-order valence-corrected chi connectivity index (χ3v) is 7.53. The van der Waals surface area contributed by atoms with Crippen molar-refractivity contribution in [1.29, 1.82) is 0 Å². The molecule has 10 heteroatoms. The van der Waals surface area contributed by atoms with Crippen LogP contribution in [-0.2, 0) is 9.63 Å². The number of hydrazine groups is 1. The van der Waals surface area contributed by atoms with Gasteiger partial charge in [-0.3, -0.25) is 15.3 Å². The third-order valence-electron chi connectivity index (χ3n) is 6.60. The average Bonchev–Trinajstić information content (AvgIpc) is 3.05. The number of carbonyl (C=O) groups excluding carboxylic acids is 1. The summed E-state index contributed by atoms with van der Waals surface area (Å²) < 4.78 is 11.3. The Hall–Kier alpha value is -2.30. The minimum Gasteiger partial charge on any atom is -0.493 e. The van der Waals surface area contributed by atoms with Gasteiger partial charge < -0.3 is 19.2 Å². The van der Waals surface area contributed by atoms with E-state index in [4.69, 9.17) is 30.7 Å². The number of hydrogen-bond acceptors (Lipinski definition) is 8. The van der Waals surface area contributed by atoms with E-state index in [1.54, 1.807) is 21.3 Å². The molecule has 2 rings (SSSR count). The quantitative estimate of drug-likeness (QED) is 0.161. The first-order valence-corrected chi connectivity index (χ1v) is 17.9. The van der Waals surface area contributed by atoms with E-state index < -0.39 is 0 Å². The van der Waals surface area contributed by atoms with Crippen molar-refractivity contribution < 1.29 is 19.1 Å². The number of nitrogens with zero attached hydrogens (tertiary/aromatic N) is 2. The lowest BCUT2D eigenvalue weighted by Gasteiger charge is -2.36. The Kier molecular flexibility index (Phi) is 33.3. The smallest absolute Gasteiger partial charge is 0.179 e. The summed E-state index contributed by atoms with van der Waals surface area (Å²) in [6, 6.07) is 3.73. The highest BCUT2D eigenvalue weighted by atomic mass is 79.9. The average molecular weight is 760 g/mol. The molecule has 1 aromatic rings. The van der Waals surface area contributed by atoms with Crippen molar-refractivity contribution in [3.63, 3.8) is 0 Å². The summed E-state index contributed by atoms with van der Waals surface area (Å²) >= 11 is 9.21. The van der Waals surface area contributed by atoms with Crippen LogP contribution in [0.1, 0.15) is 100.0 Å². The minimum absolute atomic E-state index is 0.596. The molecule has 278 valence electrons. The molecule has 0 atom stereocenters. The van der Waals surface area contributed by atoms with Crippen molar-refractivity contribution in [2.24, 2.45) is 5.92 Å². The number of allylic oxidation sites excluding steroid dienone is 4. The number of aryl methyl sites for hydroxylation is 1. The first kappa shape index (κ1) is 50.1. The Morgan fingerprint density at radius 3 is 2.12 bits per heavy atom. The predicted octanol–water partition coefficient (Wildman–Crippen LogP) is 10.4. The van der Waals surface area contributed by atoms with Gasteiger partial charge in [0, 0.05) is 36.6 Å². The molecule has 8 nitrogen and oxygen atoms in total. The van der Waals surface area contributed by atoms with Gasteiger partial charge >= 0.3 is 0 Å². The lowest BCUT2D eigenvalue weighted by Crippen LogP contribution is -2.42. The molecule has 1 aromatic carbocycles. The number of nitrogens with one attached hydrogen (secondary N) is 2. The van der Waals surface area contributed by atoms with Crippen LogP contribution in [0.3, 0.4) is 0 Å². The molecule has 2 N–H and O–H groups in total. The van der Waals surface area contributed by atoms with E-state index in [9.17, 15) is 0 Å². The summed E-state index contributed by atoms with van der Waals surface area (Å²) in [7, 11) is 7.01. The van der Waals surface area contributed by atoms with Gasteiger partial charge in [-0.25, -0.2) is 5.43 Å². The van der Waals surface area contributed by atoms with Crippen molar-refractivity contribution in [3.8, 4) is 11.5 Å². The molecule has 0 saturated carbocycles. The number of hydrogen-bond donors (Lipinski definition) is 2. The van der Waals surface area contributed by atoms with Crippen LogP contribution < -0.4 is 20.4 Å². The number of ether oxygens (including phenoxy) is 2. The molecule has 1 aliphatic rings. The Morgan fingerprint density at radius 1 is 1.15 bits per heavy atom. The number of methoxy groups -OCH3 is 2. The van der Waals surface area contributed by atoms with E-state index in [1.807, 2.05) is 45.9 Å². The summed E-state index contributed by atoms with van der Waals surface area (Å²) in [4.78, 5) is 16.3. The van der Waals surface area contributed by atoms with Gasteiger partial charge in [0.1, 0.15) is 6.29 Å². The van der Waals surface area contributed by atoms with Crippen LogP contribution >= 0.6 is 27.5 Å². The zero-order valence-corrected chi connectivity index (χ0v) is 35.0. The molecule has 0 amide bonds. The van der Waals surface area contributed by atoms with Gasteiger partial charge in [-0.2, -0.15) is 0 Å². The second-order valence-corrected chi connectivity index (χ2v) is 13.2. The van der Waals surface area contributed by atoms with E-state index in [1.165, 1.54) is 35.5 Å². The van der Waals surface area contributed by atoms with Gasteiger partial charge in [0.15, 0.2) is 11.5 Å². The van der Waals surface area contributed by atoms with Crippen LogP contribution in [0.4, 0.5) is 0 Å². The van der Waals surface area contributed by atoms with E-state index in [2.05, 4.69) is 91.1 Å². The van der Waals surface area contributed by atoms with Gasteiger partial charge in [0.05, 0.1) is 26.4 Å². The molecule has 0 aromatic heterocycles. The summed E-state index contributed by atoms with van der Waals surface area (Å²) in [6.45, 7) is 27.7. The maximum atomic E-state index is 8.81. The van der Waals surface area contributed by atoms with Crippen molar-refractivity contribution in [3.05, 3.63) is 68.6 Å². The molecule has 1 heterocycles. The van der Waals surface area contributed by atoms with Crippen LogP contribution in [0, 0.1) is 12.8 Å². The van der Waals surface area contributed by atoms with Crippen molar-refractivity contribution in [2.75, 3.05) is 48.0 Å². The SMILES string of the molecule is C/C=C(\C)Br.C=C1CCCNN1/C(C/C(=C/C)NOC)=C(\C)CN(C)CCC(C)C.CC=O.CCC.COc1ccc(C)c(Cl)c1OC. The number of aldehydes is 1. The number of likely N-dealkylation sites (N-methyl/N-ethyl adjacent to an activating group) is 1. The largest absolute Gasteiger partial charge is 0.493 e. The molecule has 48 heavy (non-hydrogen) atoms. The van der Waals surface area contributed by atoms with E-state index in [0.29, 0.717) is 16.5 Å². The number of carbonyl (C=O) groups is 1. The van der Waals surface area contributed by atoms with Crippen LogP contribution in [0.15, 0.2) is 58.0 Å². The summed E-state index contributed by atoms with van der Waals surface area (Å²) in [5, 5.41) is 2.80. The number of hydroxylamine groups is 1. The lowest BCUT2D eigenvalue weighted by atomic mass is 10.1. The highest BCUT2D eigenvalue weighted by Gasteiger charge is 2.20.